The molecule has 0 radical (unpaired) electrons. The number of para-hydroxylation sites is 1. The molecule has 0 fully saturated rings. The summed E-state index contributed by atoms with van der Waals surface area (Å²) in [5.41, 5.74) is 17.4. The summed E-state index contributed by atoms with van der Waals surface area (Å²) in [6.45, 7) is 23.7. The fraction of sp³-hybridized carbons (Fsp3) is 0.239. The van der Waals surface area contributed by atoms with E-state index in [1.54, 1.807) is 0 Å². The third kappa shape index (κ3) is 10.1. The molecule has 0 aliphatic rings. The highest BCUT2D eigenvalue weighted by atomic mass is 16.3. The lowest BCUT2D eigenvalue weighted by Crippen LogP contribution is -2.17. The molecule has 10 rings (SSSR count). The molecule has 4 nitrogen and oxygen atoms in total. The van der Waals surface area contributed by atoms with Crippen molar-refractivity contribution in [1.82, 2.24) is 14.5 Å². The Morgan fingerprint density at radius 2 is 0.973 bits per heavy atom. The van der Waals surface area contributed by atoms with Crippen molar-refractivity contribution in [2.45, 2.75) is 112 Å². The Morgan fingerprint density at radius 3 is 1.59 bits per heavy atom. The molecule has 0 atom stereocenters. The SMILES string of the molecule is [2H]C([2H])([2H])c1cc(-n2c(-c3cc(C(C)(C)C)cc(C(C)(C)C)c3O)nc3c(-c4cc(-c5cc(-c6ccc(-c7ccccc7)cc6)ccn5)cc(C(C)(C)C)c4)cccc32)c(-c2ccc(C(C)(C)C)cc2)cc1-c1ccccc1. The molecule has 4 heteroatoms. The van der Waals surface area contributed by atoms with Gasteiger partial charge in [0, 0.05) is 32.6 Å². The zero-order chi connectivity index (χ0) is 55.7. The minimum atomic E-state index is -2.50. The lowest BCUT2D eigenvalue weighted by molar-refractivity contribution is 0.446. The second kappa shape index (κ2) is 19.1. The third-order valence-electron chi connectivity index (χ3n) is 14.7. The molecule has 0 aliphatic heterocycles. The number of nitrogens with zero attached hydrogens (tertiary/aromatic N) is 3. The summed E-state index contributed by atoms with van der Waals surface area (Å²) in [7, 11) is 0. The Kier molecular flexibility index (Phi) is 12.0. The van der Waals surface area contributed by atoms with Gasteiger partial charge in [0.25, 0.3) is 0 Å². The highest BCUT2D eigenvalue weighted by Crippen LogP contribution is 2.47. The molecule has 0 bridgehead atoms. The number of aryl methyl sites for hydroxylation is 1. The van der Waals surface area contributed by atoms with Crippen LogP contribution in [0.5, 0.6) is 5.75 Å². The van der Waals surface area contributed by atoms with Crippen LogP contribution in [0.15, 0.2) is 188 Å². The zero-order valence-electron chi connectivity index (χ0n) is 48.7. The van der Waals surface area contributed by atoms with Gasteiger partial charge in [0.15, 0.2) is 0 Å². The summed E-state index contributed by atoms with van der Waals surface area (Å²) in [5, 5.41) is 12.8. The molecule has 2 heterocycles. The second-order valence-electron chi connectivity index (χ2n) is 24.4. The predicted octanol–water partition coefficient (Wildman–Crippen LogP) is 19.3. The van der Waals surface area contributed by atoms with Crippen molar-refractivity contribution in [3.63, 3.8) is 0 Å². The number of hydrogen-bond acceptors (Lipinski definition) is 3. The van der Waals surface area contributed by atoms with E-state index in [1.165, 1.54) is 11.1 Å². The molecule has 10 aromatic rings. The van der Waals surface area contributed by atoms with Crippen LogP contribution in [-0.4, -0.2) is 19.6 Å². The van der Waals surface area contributed by atoms with Crippen LogP contribution in [0.4, 0.5) is 0 Å². The van der Waals surface area contributed by atoms with E-state index in [1.807, 2.05) is 54.7 Å². The number of pyridine rings is 1. The van der Waals surface area contributed by atoms with Crippen LogP contribution in [0.2, 0.25) is 0 Å². The van der Waals surface area contributed by atoms with Gasteiger partial charge in [0.2, 0.25) is 0 Å². The third-order valence-corrected chi connectivity index (χ3v) is 14.7. The van der Waals surface area contributed by atoms with Crippen LogP contribution in [0, 0.1) is 6.85 Å². The van der Waals surface area contributed by atoms with Gasteiger partial charge < -0.3 is 5.11 Å². The molecule has 0 unspecified atom stereocenters. The molecular formula is C71H71N3O. The average Bonchev–Trinajstić information content (AvgIpc) is 3.92. The molecule has 0 spiro atoms. The van der Waals surface area contributed by atoms with Crippen LogP contribution in [0.3, 0.4) is 0 Å². The van der Waals surface area contributed by atoms with Crippen molar-refractivity contribution in [2.75, 3.05) is 0 Å². The number of rotatable bonds is 8. The van der Waals surface area contributed by atoms with Gasteiger partial charge in [-0.15, -0.1) is 0 Å². The van der Waals surface area contributed by atoms with Gasteiger partial charge in [-0.05, 0) is 144 Å². The van der Waals surface area contributed by atoms with Gasteiger partial charge in [0.05, 0.1) is 28.0 Å². The minimum absolute atomic E-state index is 0.0930. The van der Waals surface area contributed by atoms with Crippen molar-refractivity contribution in [1.29, 1.82) is 0 Å². The van der Waals surface area contributed by atoms with Crippen molar-refractivity contribution < 1.29 is 9.22 Å². The number of benzene rings is 8. The van der Waals surface area contributed by atoms with Gasteiger partial charge in [-0.1, -0.05) is 217 Å². The molecule has 2 aromatic heterocycles. The first-order valence-electron chi connectivity index (χ1n) is 27.8. The van der Waals surface area contributed by atoms with Crippen molar-refractivity contribution in [2.24, 2.45) is 0 Å². The Bertz CT molecular complexity index is 3840. The number of hydrogen-bond donors (Lipinski definition) is 1. The summed E-state index contributed by atoms with van der Waals surface area (Å²) in [6.07, 6.45) is 1.89. The van der Waals surface area contributed by atoms with Crippen LogP contribution < -0.4 is 0 Å². The van der Waals surface area contributed by atoms with E-state index in [-0.39, 0.29) is 27.6 Å². The van der Waals surface area contributed by atoms with E-state index in [0.717, 1.165) is 78.0 Å². The zero-order valence-corrected chi connectivity index (χ0v) is 45.7. The van der Waals surface area contributed by atoms with Crippen LogP contribution in [0.25, 0.3) is 95.0 Å². The molecule has 0 amide bonds. The first-order chi connectivity index (χ1) is 36.7. The first kappa shape index (κ1) is 46.9. The van der Waals surface area contributed by atoms with Gasteiger partial charge in [0.1, 0.15) is 11.6 Å². The molecule has 8 aromatic carbocycles. The summed E-state index contributed by atoms with van der Waals surface area (Å²) in [6, 6.07) is 62.9. The summed E-state index contributed by atoms with van der Waals surface area (Å²) < 4.78 is 29.5. The molecular weight excluding hydrogens is 911 g/mol. The summed E-state index contributed by atoms with van der Waals surface area (Å²) in [4.78, 5) is 10.7. The lowest BCUT2D eigenvalue weighted by atomic mass is 9.79. The van der Waals surface area contributed by atoms with Crippen molar-refractivity contribution >= 4 is 11.0 Å². The van der Waals surface area contributed by atoms with E-state index in [9.17, 15) is 5.11 Å². The maximum atomic E-state index is 12.8. The van der Waals surface area contributed by atoms with E-state index in [0.29, 0.717) is 28.2 Å². The normalized spacial score (nSPS) is 13.1. The summed E-state index contributed by atoms with van der Waals surface area (Å²) in [5.74, 6) is 0.641. The van der Waals surface area contributed by atoms with Gasteiger partial charge in [-0.25, -0.2) is 4.98 Å². The predicted molar refractivity (Wildman–Crippen MR) is 318 cm³/mol. The van der Waals surface area contributed by atoms with E-state index < -0.39 is 12.3 Å². The maximum Gasteiger partial charge on any atom is 0.149 e. The number of fused-ring (bicyclic) bond motifs is 1. The van der Waals surface area contributed by atoms with Crippen LogP contribution >= 0.6 is 0 Å². The quantitative estimate of drug-likeness (QED) is 0.165. The maximum absolute atomic E-state index is 12.8. The van der Waals surface area contributed by atoms with Gasteiger partial charge >= 0.3 is 0 Å². The molecule has 0 aliphatic carbocycles. The summed E-state index contributed by atoms with van der Waals surface area (Å²) >= 11 is 0. The fourth-order valence-electron chi connectivity index (χ4n) is 10.2. The smallest absolute Gasteiger partial charge is 0.149 e. The molecule has 75 heavy (non-hydrogen) atoms. The lowest BCUT2D eigenvalue weighted by Gasteiger charge is -2.28. The fourth-order valence-corrected chi connectivity index (χ4v) is 10.2. The average molecular weight is 985 g/mol. The van der Waals surface area contributed by atoms with E-state index >= 15 is 0 Å². The Morgan fingerprint density at radius 1 is 0.413 bits per heavy atom. The van der Waals surface area contributed by atoms with E-state index in [4.69, 9.17) is 14.1 Å². The molecule has 0 saturated carbocycles. The first-order valence-corrected chi connectivity index (χ1v) is 26.3. The number of phenolic OH excluding ortho intramolecular Hbond substituents is 1. The van der Waals surface area contributed by atoms with Gasteiger partial charge in [-0.3, -0.25) is 9.55 Å². The van der Waals surface area contributed by atoms with Crippen LogP contribution in [0.1, 0.15) is 115 Å². The van der Waals surface area contributed by atoms with E-state index in [2.05, 4.69) is 221 Å². The van der Waals surface area contributed by atoms with Crippen molar-refractivity contribution in [3.05, 3.63) is 216 Å². The minimum Gasteiger partial charge on any atom is -0.507 e. The standard InChI is InChI=1S/C71H71N3O/c1-45-37-64(59(44-58(45)49-23-18-15-19-24-49)50-31-33-54(34-32-50)68(2,3)4)74-63-26-20-25-57(65(63)73-67(74)60-42-56(70(8,9)10)43-61(66(60)75)71(11,12)13)52-38-53(40-55(39-52)69(5,6)7)62-41-51(35-36-72-62)48-29-27-47(28-30-48)46-21-16-14-17-22-46/h14-44,75H,1-13H3/i1D3. The number of aromatic hydroxyl groups is 1. The molecule has 0 saturated heterocycles. The Balaban J connectivity index is 1.27. The number of phenols is 1. The van der Waals surface area contributed by atoms with Crippen LogP contribution in [-0.2, 0) is 21.7 Å². The second-order valence-corrected chi connectivity index (χ2v) is 24.4. The number of aromatic nitrogens is 3. The van der Waals surface area contributed by atoms with Crippen molar-refractivity contribution in [3.8, 4) is 89.7 Å². The Hall–Kier alpha value is -7.82. The largest absolute Gasteiger partial charge is 0.507 e. The highest BCUT2D eigenvalue weighted by Gasteiger charge is 2.30. The van der Waals surface area contributed by atoms with Gasteiger partial charge in [-0.2, -0.15) is 0 Å². The highest BCUT2D eigenvalue weighted by molar-refractivity contribution is 5.98. The molecule has 1 N–H and O–H groups in total. The monoisotopic (exact) mass is 985 g/mol. The number of imidazole rings is 1. The topological polar surface area (TPSA) is 50.9 Å². The Labute approximate surface area is 450 Å². The molecule has 376 valence electrons.